The van der Waals surface area contributed by atoms with Crippen molar-refractivity contribution in [2.45, 2.75) is 97.5 Å². The number of hydrogen-bond donors (Lipinski definition) is 1. The number of aliphatic carboxylic acids is 1. The molecule has 0 radical (unpaired) electrons. The molecule has 2 saturated carbocycles. The van der Waals surface area contributed by atoms with Crippen LogP contribution < -0.4 is 0 Å². The minimum absolute atomic E-state index is 0.0566. The Morgan fingerprint density at radius 1 is 1.26 bits per heavy atom. The number of carbonyl (C=O) groups is 1. The number of rotatable bonds is 4. The van der Waals surface area contributed by atoms with E-state index in [9.17, 15) is 15.2 Å². The maximum atomic E-state index is 11.7. The van der Waals surface area contributed by atoms with Gasteiger partial charge in [0, 0.05) is 6.42 Å². The highest BCUT2D eigenvalue weighted by Crippen LogP contribution is 2.68. The highest BCUT2D eigenvalue weighted by Gasteiger charge is 2.61. The van der Waals surface area contributed by atoms with E-state index in [0.717, 1.165) is 57.1 Å². The summed E-state index contributed by atoms with van der Waals surface area (Å²) in [7, 11) is 0. The number of fused-ring (bicyclic) bond motifs is 4. The van der Waals surface area contributed by atoms with Crippen LogP contribution in [0.5, 0.6) is 0 Å². The van der Waals surface area contributed by atoms with Crippen molar-refractivity contribution >= 4 is 11.7 Å². The van der Waals surface area contributed by atoms with Gasteiger partial charge in [-0.3, -0.25) is 4.79 Å². The molecule has 1 N–H and O–H groups in total. The molecular formula is C26H36N2O3. The van der Waals surface area contributed by atoms with Crippen LogP contribution in [-0.4, -0.2) is 22.4 Å². The summed E-state index contributed by atoms with van der Waals surface area (Å²) in [5, 5.41) is 23.6. The lowest BCUT2D eigenvalue weighted by Gasteiger charge is -2.53. The van der Waals surface area contributed by atoms with Crippen molar-refractivity contribution < 1.29 is 14.7 Å². The van der Waals surface area contributed by atoms with Crippen LogP contribution in [0.25, 0.3) is 0 Å². The van der Waals surface area contributed by atoms with Crippen molar-refractivity contribution in [3.63, 3.8) is 0 Å². The molecule has 0 heterocycles. The summed E-state index contributed by atoms with van der Waals surface area (Å²) in [6.07, 6.45) is 10.9. The third-order valence-corrected chi connectivity index (χ3v) is 8.63. The van der Waals surface area contributed by atoms with E-state index >= 15 is 0 Å². The maximum Gasteiger partial charge on any atom is 0.303 e. The second-order valence-electron chi connectivity index (χ2n) is 11.4. The Bertz CT molecular complexity index is 901. The van der Waals surface area contributed by atoms with Crippen molar-refractivity contribution in [3.05, 3.63) is 22.8 Å². The van der Waals surface area contributed by atoms with Gasteiger partial charge in [-0.15, -0.1) is 0 Å². The zero-order valence-corrected chi connectivity index (χ0v) is 19.5. The quantitative estimate of drug-likeness (QED) is 0.547. The van der Waals surface area contributed by atoms with Gasteiger partial charge in [0.2, 0.25) is 0 Å². The number of oxime groups is 1. The molecule has 4 atom stereocenters. The van der Waals surface area contributed by atoms with E-state index in [1.165, 1.54) is 5.57 Å². The van der Waals surface area contributed by atoms with Gasteiger partial charge in [0.1, 0.15) is 5.60 Å². The molecule has 0 bridgehead atoms. The number of hydrogen-bond acceptors (Lipinski definition) is 4. The summed E-state index contributed by atoms with van der Waals surface area (Å²) in [5.74, 6) is 0.286. The normalized spacial score (nSPS) is 36.2. The Kier molecular flexibility index (Phi) is 5.56. The van der Waals surface area contributed by atoms with E-state index in [4.69, 9.17) is 4.84 Å². The van der Waals surface area contributed by atoms with Crippen LogP contribution in [0.2, 0.25) is 0 Å². The fourth-order valence-corrected chi connectivity index (χ4v) is 7.12. The molecule has 0 aromatic rings. The van der Waals surface area contributed by atoms with Crippen LogP contribution in [-0.2, 0) is 9.63 Å². The first-order valence-electron chi connectivity index (χ1n) is 11.9. The van der Waals surface area contributed by atoms with E-state index in [1.54, 1.807) is 11.1 Å². The molecule has 5 heteroatoms. The van der Waals surface area contributed by atoms with E-state index in [2.05, 4.69) is 24.2 Å². The second-order valence-corrected chi connectivity index (χ2v) is 11.4. The van der Waals surface area contributed by atoms with E-state index < -0.39 is 5.97 Å². The molecule has 0 aliphatic heterocycles. The second kappa shape index (κ2) is 7.80. The van der Waals surface area contributed by atoms with Gasteiger partial charge >= 0.3 is 5.97 Å². The van der Waals surface area contributed by atoms with Gasteiger partial charge in [-0.05, 0) is 112 Å². The predicted octanol–water partition coefficient (Wildman–Crippen LogP) is 6.17. The van der Waals surface area contributed by atoms with E-state index in [-0.39, 0.29) is 22.9 Å². The molecule has 0 unspecified atom stereocenters. The zero-order chi connectivity index (χ0) is 22.4. The Hall–Kier alpha value is -2.09. The number of carboxylic acid groups (broad SMARTS) is 1. The summed E-state index contributed by atoms with van der Waals surface area (Å²) >= 11 is 0. The van der Waals surface area contributed by atoms with E-state index in [1.807, 2.05) is 20.8 Å². The zero-order valence-electron chi connectivity index (χ0n) is 19.5. The van der Waals surface area contributed by atoms with Crippen molar-refractivity contribution in [1.82, 2.24) is 0 Å². The minimum Gasteiger partial charge on any atom is -0.481 e. The van der Waals surface area contributed by atoms with E-state index in [0.29, 0.717) is 18.3 Å². The Labute approximate surface area is 186 Å². The van der Waals surface area contributed by atoms with Gasteiger partial charge in [0.15, 0.2) is 0 Å². The van der Waals surface area contributed by atoms with Crippen molar-refractivity contribution in [2.75, 3.05) is 0 Å². The Morgan fingerprint density at radius 3 is 2.71 bits per heavy atom. The summed E-state index contributed by atoms with van der Waals surface area (Å²) < 4.78 is 0. The molecule has 2 fully saturated rings. The van der Waals surface area contributed by atoms with Crippen LogP contribution in [0.3, 0.4) is 0 Å². The van der Waals surface area contributed by atoms with Crippen LogP contribution >= 0.6 is 0 Å². The largest absolute Gasteiger partial charge is 0.481 e. The molecule has 0 aromatic heterocycles. The molecule has 0 spiro atoms. The minimum atomic E-state index is -0.758. The van der Waals surface area contributed by atoms with Crippen LogP contribution in [0, 0.1) is 34.0 Å². The molecule has 4 aliphatic carbocycles. The molecule has 0 amide bonds. The van der Waals surface area contributed by atoms with Crippen molar-refractivity contribution in [2.24, 2.45) is 27.8 Å². The summed E-state index contributed by atoms with van der Waals surface area (Å²) in [6.45, 7) is 8.35. The average molecular weight is 425 g/mol. The van der Waals surface area contributed by atoms with Gasteiger partial charge in [-0.25, -0.2) is 0 Å². The molecular weight excluding hydrogens is 388 g/mol. The number of allylic oxidation sites excluding steroid dienone is 4. The molecule has 4 aliphatic rings. The lowest BCUT2D eigenvalue weighted by Crippen LogP contribution is -2.46. The van der Waals surface area contributed by atoms with Crippen molar-refractivity contribution in [3.8, 4) is 6.07 Å². The number of nitrogens with zero attached hydrogens (tertiary/aromatic N) is 2. The molecule has 168 valence electrons. The van der Waals surface area contributed by atoms with Gasteiger partial charge in [-0.2, -0.15) is 5.26 Å². The van der Waals surface area contributed by atoms with Gasteiger partial charge < -0.3 is 9.94 Å². The molecule has 0 saturated heterocycles. The summed E-state index contributed by atoms with van der Waals surface area (Å²) in [5.41, 5.74) is 4.94. The van der Waals surface area contributed by atoms with Crippen LogP contribution in [0.15, 0.2) is 28.0 Å². The number of nitriles is 1. The monoisotopic (exact) mass is 424 g/mol. The highest BCUT2D eigenvalue weighted by molar-refractivity contribution is 5.97. The summed E-state index contributed by atoms with van der Waals surface area (Å²) in [6, 6.07) is 2.35. The Morgan fingerprint density at radius 2 is 2.03 bits per heavy atom. The van der Waals surface area contributed by atoms with Gasteiger partial charge in [0.25, 0.3) is 0 Å². The fourth-order valence-electron chi connectivity index (χ4n) is 7.12. The van der Waals surface area contributed by atoms with Crippen LogP contribution in [0.1, 0.15) is 91.9 Å². The first-order valence-corrected chi connectivity index (χ1v) is 11.9. The lowest BCUT2D eigenvalue weighted by molar-refractivity contribution is -0.143. The lowest BCUT2D eigenvalue weighted by atomic mass is 9.51. The standard InChI is InChI=1S/C26H36N2O3/c1-24(2,3)31-28-18-6-8-19-17(15-18)5-7-21-20(19)9-11-25(4)22(21)10-12-26(25,13-14-27)16-23(29)30/h15,21-22H,5-13,16H2,1-4H3,(H,29,30)/b28-18+/t21-,22+,25+,26-/m1/s1. The average Bonchev–Trinajstić information content (AvgIpc) is 2.97. The third kappa shape index (κ3) is 3.83. The molecule has 0 aromatic carbocycles. The summed E-state index contributed by atoms with van der Waals surface area (Å²) in [4.78, 5) is 17.4. The third-order valence-electron chi connectivity index (χ3n) is 8.63. The molecule has 5 nitrogen and oxygen atoms in total. The molecule has 4 rings (SSSR count). The maximum absolute atomic E-state index is 11.7. The molecule has 31 heavy (non-hydrogen) atoms. The highest BCUT2D eigenvalue weighted by atomic mass is 16.6. The first kappa shape index (κ1) is 22.1. The van der Waals surface area contributed by atoms with Gasteiger partial charge in [0.05, 0.1) is 18.2 Å². The SMILES string of the molecule is CC(C)(C)O/N=C1/C=C2CC[C@@H]3C(=C2CC1)CC[C@@]1(C)[C@H]3CC[C@@]1(CC#N)CC(=O)O. The van der Waals surface area contributed by atoms with Gasteiger partial charge in [-0.1, -0.05) is 17.7 Å². The fraction of sp³-hybridized carbons (Fsp3) is 0.731. The Balaban J connectivity index is 1.62. The predicted molar refractivity (Wildman–Crippen MR) is 120 cm³/mol. The smallest absolute Gasteiger partial charge is 0.303 e. The topological polar surface area (TPSA) is 82.7 Å². The first-order chi connectivity index (χ1) is 14.6. The van der Waals surface area contributed by atoms with Crippen molar-refractivity contribution in [1.29, 1.82) is 5.26 Å². The van der Waals surface area contributed by atoms with Crippen LogP contribution in [0.4, 0.5) is 0 Å². The number of carboxylic acids is 1.